The molecule has 6 heteroatoms. The fraction of sp³-hybridized carbons (Fsp3) is 0.400. The largest absolute Gasteiger partial charge is 0.494 e. The second-order valence-electron chi connectivity index (χ2n) is 6.40. The van der Waals surface area contributed by atoms with E-state index in [1.54, 1.807) is 7.05 Å². The third-order valence-corrected chi connectivity index (χ3v) is 6.34. The predicted octanol–water partition coefficient (Wildman–Crippen LogP) is 3.02. The normalized spacial score (nSPS) is 13.5. The number of fused-ring (bicyclic) bond motifs is 1. The average Bonchev–Trinajstić information content (AvgIpc) is 3.09. The molecule has 0 bridgehead atoms. The van der Waals surface area contributed by atoms with Crippen molar-refractivity contribution in [2.75, 3.05) is 26.0 Å². The van der Waals surface area contributed by atoms with E-state index in [0.29, 0.717) is 26.2 Å². The summed E-state index contributed by atoms with van der Waals surface area (Å²) in [5.41, 5.74) is 3.06. The minimum Gasteiger partial charge on any atom is -0.494 e. The van der Waals surface area contributed by atoms with Crippen molar-refractivity contribution < 1.29 is 17.9 Å². The van der Waals surface area contributed by atoms with Crippen molar-refractivity contribution in [2.24, 2.45) is 0 Å². The summed E-state index contributed by atoms with van der Waals surface area (Å²) in [6, 6.07) is 13.5. The Morgan fingerprint density at radius 2 is 2.00 bits per heavy atom. The molecule has 3 rings (SSSR count). The summed E-state index contributed by atoms with van der Waals surface area (Å²) in [5, 5.41) is 0. The predicted molar refractivity (Wildman–Crippen MR) is 102 cm³/mol. The van der Waals surface area contributed by atoms with Crippen molar-refractivity contribution in [3.8, 4) is 11.5 Å². The van der Waals surface area contributed by atoms with E-state index in [1.165, 1.54) is 9.87 Å². The molecule has 0 saturated carbocycles. The highest BCUT2D eigenvalue weighted by Gasteiger charge is 2.20. The number of ether oxygens (including phenoxy) is 2. The number of hydrogen-bond donors (Lipinski definition) is 0. The van der Waals surface area contributed by atoms with Gasteiger partial charge in [0, 0.05) is 25.6 Å². The lowest BCUT2D eigenvalue weighted by Gasteiger charge is -2.19. The molecule has 0 atom stereocenters. The van der Waals surface area contributed by atoms with Crippen molar-refractivity contribution in [2.45, 2.75) is 26.3 Å². The zero-order chi connectivity index (χ0) is 18.6. The molecule has 0 aromatic heterocycles. The number of sulfonamides is 1. The fourth-order valence-corrected chi connectivity index (χ4v) is 4.21. The highest BCUT2D eigenvalue weighted by Crippen LogP contribution is 2.26. The lowest BCUT2D eigenvalue weighted by atomic mass is 10.1. The molecule has 1 aliphatic heterocycles. The monoisotopic (exact) mass is 375 g/mol. The summed E-state index contributed by atoms with van der Waals surface area (Å²) >= 11 is 0. The van der Waals surface area contributed by atoms with Crippen molar-refractivity contribution >= 4 is 10.0 Å². The maximum absolute atomic E-state index is 12.7. The van der Waals surface area contributed by atoms with E-state index < -0.39 is 10.0 Å². The van der Waals surface area contributed by atoms with Gasteiger partial charge >= 0.3 is 0 Å². The molecule has 1 heterocycles. The van der Waals surface area contributed by atoms with Crippen LogP contribution in [-0.2, 0) is 29.4 Å². The molecular formula is C20H25NO4S. The fourth-order valence-electron chi connectivity index (χ4n) is 3.07. The summed E-state index contributed by atoms with van der Waals surface area (Å²) in [6.45, 7) is 3.48. The molecule has 0 aliphatic carbocycles. The van der Waals surface area contributed by atoms with E-state index in [-0.39, 0.29) is 5.75 Å². The standard InChI is InChI=1S/C20H25NO4S/c1-3-24-19-7-5-4-6-18(19)15-21(2)26(22,23)13-11-16-8-9-20-17(14-16)10-12-25-20/h4-9,14H,3,10-13,15H2,1-2H3. The Hall–Kier alpha value is -2.05. The van der Waals surface area contributed by atoms with Gasteiger partial charge in [-0.2, -0.15) is 0 Å². The van der Waals surface area contributed by atoms with Gasteiger partial charge in [-0.15, -0.1) is 0 Å². The summed E-state index contributed by atoms with van der Waals surface area (Å²) in [7, 11) is -1.74. The van der Waals surface area contributed by atoms with Crippen molar-refractivity contribution in [3.63, 3.8) is 0 Å². The van der Waals surface area contributed by atoms with Crippen LogP contribution in [0.4, 0.5) is 0 Å². The van der Waals surface area contributed by atoms with E-state index in [4.69, 9.17) is 9.47 Å². The van der Waals surface area contributed by atoms with Crippen molar-refractivity contribution in [1.29, 1.82) is 0 Å². The quantitative estimate of drug-likeness (QED) is 0.712. The summed E-state index contributed by atoms with van der Waals surface area (Å²) in [6.07, 6.45) is 1.39. The highest BCUT2D eigenvalue weighted by atomic mass is 32.2. The van der Waals surface area contributed by atoms with Crippen LogP contribution in [0.3, 0.4) is 0 Å². The van der Waals surface area contributed by atoms with Gasteiger partial charge < -0.3 is 9.47 Å². The van der Waals surface area contributed by atoms with Crippen LogP contribution in [0.5, 0.6) is 11.5 Å². The first-order valence-corrected chi connectivity index (χ1v) is 10.5. The lowest BCUT2D eigenvalue weighted by Crippen LogP contribution is -2.29. The molecule has 0 amide bonds. The molecule has 0 radical (unpaired) electrons. The molecule has 2 aromatic carbocycles. The molecule has 2 aromatic rings. The Morgan fingerprint density at radius 1 is 1.19 bits per heavy atom. The van der Waals surface area contributed by atoms with Gasteiger partial charge in [0.15, 0.2) is 0 Å². The number of hydrogen-bond acceptors (Lipinski definition) is 4. The maximum Gasteiger partial charge on any atom is 0.214 e. The van der Waals surface area contributed by atoms with Gasteiger partial charge in [0.2, 0.25) is 10.0 Å². The number of benzene rings is 2. The van der Waals surface area contributed by atoms with E-state index in [1.807, 2.05) is 43.3 Å². The summed E-state index contributed by atoms with van der Waals surface area (Å²) in [5.74, 6) is 1.73. The molecule has 0 N–H and O–H groups in total. The van der Waals surface area contributed by atoms with Crippen LogP contribution in [0, 0.1) is 0 Å². The van der Waals surface area contributed by atoms with Crippen LogP contribution in [0.15, 0.2) is 42.5 Å². The zero-order valence-electron chi connectivity index (χ0n) is 15.3. The first-order chi connectivity index (χ1) is 12.5. The van der Waals surface area contributed by atoms with Gasteiger partial charge in [-0.1, -0.05) is 30.3 Å². The van der Waals surface area contributed by atoms with Gasteiger partial charge in [0.25, 0.3) is 0 Å². The van der Waals surface area contributed by atoms with Crippen molar-refractivity contribution in [1.82, 2.24) is 4.31 Å². The molecular weight excluding hydrogens is 350 g/mol. The van der Waals surface area contributed by atoms with E-state index in [0.717, 1.165) is 29.0 Å². The number of para-hydroxylation sites is 1. The molecule has 26 heavy (non-hydrogen) atoms. The summed E-state index contributed by atoms with van der Waals surface area (Å²) < 4.78 is 37.8. The minimum atomic E-state index is -3.36. The van der Waals surface area contributed by atoms with Crippen LogP contribution < -0.4 is 9.47 Å². The van der Waals surface area contributed by atoms with Crippen LogP contribution >= 0.6 is 0 Å². The number of aryl methyl sites for hydroxylation is 1. The summed E-state index contributed by atoms with van der Waals surface area (Å²) in [4.78, 5) is 0. The first kappa shape index (κ1) is 18.7. The van der Waals surface area contributed by atoms with Crippen LogP contribution in [0.2, 0.25) is 0 Å². The average molecular weight is 375 g/mol. The van der Waals surface area contributed by atoms with Crippen LogP contribution in [-0.4, -0.2) is 38.7 Å². The Labute approximate surface area is 155 Å². The Balaban J connectivity index is 1.64. The van der Waals surface area contributed by atoms with E-state index in [9.17, 15) is 8.42 Å². The van der Waals surface area contributed by atoms with Gasteiger partial charge in [0.05, 0.1) is 19.0 Å². The second-order valence-corrected chi connectivity index (χ2v) is 8.60. The first-order valence-electron chi connectivity index (χ1n) is 8.89. The maximum atomic E-state index is 12.7. The van der Waals surface area contributed by atoms with Crippen LogP contribution in [0.25, 0.3) is 0 Å². The minimum absolute atomic E-state index is 0.0833. The van der Waals surface area contributed by atoms with Crippen LogP contribution in [0.1, 0.15) is 23.6 Å². The smallest absolute Gasteiger partial charge is 0.214 e. The number of rotatable bonds is 8. The molecule has 0 saturated heterocycles. The lowest BCUT2D eigenvalue weighted by molar-refractivity contribution is 0.332. The second kappa shape index (κ2) is 8.10. The van der Waals surface area contributed by atoms with E-state index in [2.05, 4.69) is 6.07 Å². The van der Waals surface area contributed by atoms with Gasteiger partial charge in [-0.25, -0.2) is 12.7 Å². The Kier molecular flexibility index (Phi) is 5.84. The Bertz CT molecular complexity index is 864. The molecule has 0 unspecified atom stereocenters. The van der Waals surface area contributed by atoms with E-state index >= 15 is 0 Å². The van der Waals surface area contributed by atoms with Crippen molar-refractivity contribution in [3.05, 3.63) is 59.2 Å². The zero-order valence-corrected chi connectivity index (χ0v) is 16.1. The van der Waals surface area contributed by atoms with Gasteiger partial charge in [-0.3, -0.25) is 0 Å². The highest BCUT2D eigenvalue weighted by molar-refractivity contribution is 7.89. The third-order valence-electron chi connectivity index (χ3n) is 4.54. The molecule has 0 fully saturated rings. The third kappa shape index (κ3) is 4.37. The van der Waals surface area contributed by atoms with Gasteiger partial charge in [-0.05, 0) is 36.6 Å². The molecule has 140 valence electrons. The topological polar surface area (TPSA) is 55.8 Å². The molecule has 5 nitrogen and oxygen atoms in total. The Morgan fingerprint density at radius 3 is 2.81 bits per heavy atom. The number of nitrogens with zero attached hydrogens (tertiary/aromatic N) is 1. The van der Waals surface area contributed by atoms with Gasteiger partial charge in [0.1, 0.15) is 11.5 Å². The SMILES string of the molecule is CCOc1ccccc1CN(C)S(=O)(=O)CCc1ccc2c(c1)CCO2. The molecule has 1 aliphatic rings. The molecule has 0 spiro atoms.